The number of nitriles is 1. The largest absolute Gasteiger partial charge is 0.293 e. The molecule has 0 heterocycles. The zero-order chi connectivity index (χ0) is 10.7. The summed E-state index contributed by atoms with van der Waals surface area (Å²) in [5.74, 6) is -1.39. The van der Waals surface area contributed by atoms with Gasteiger partial charge in [-0.25, -0.2) is 4.39 Å². The van der Waals surface area contributed by atoms with Gasteiger partial charge in [-0.2, -0.15) is 5.26 Å². The molecule has 0 radical (unpaired) electrons. The standard InChI is InChI=1S/C9H4ClFINO/c10-3-8(14)9-5(4-13)6(11)1-2-7(9)12/h1-2H,3H2. The van der Waals surface area contributed by atoms with E-state index in [1.165, 1.54) is 6.07 Å². The third-order valence-corrected chi connectivity index (χ3v) is 2.76. The fourth-order valence-corrected chi connectivity index (χ4v) is 1.88. The summed E-state index contributed by atoms with van der Waals surface area (Å²) >= 11 is 7.22. The second kappa shape index (κ2) is 4.71. The quantitative estimate of drug-likeness (QED) is 0.477. The zero-order valence-electron chi connectivity index (χ0n) is 6.85. The molecule has 14 heavy (non-hydrogen) atoms. The van der Waals surface area contributed by atoms with Gasteiger partial charge >= 0.3 is 0 Å². The molecule has 0 aliphatic carbocycles. The van der Waals surface area contributed by atoms with Crippen LogP contribution >= 0.6 is 34.2 Å². The van der Waals surface area contributed by atoms with Crippen LogP contribution in [0.1, 0.15) is 15.9 Å². The van der Waals surface area contributed by atoms with E-state index in [9.17, 15) is 9.18 Å². The lowest BCUT2D eigenvalue weighted by Gasteiger charge is -2.04. The van der Waals surface area contributed by atoms with Gasteiger partial charge in [0.05, 0.1) is 17.0 Å². The molecule has 0 aliphatic heterocycles. The van der Waals surface area contributed by atoms with Crippen LogP contribution in [0.25, 0.3) is 0 Å². The number of halogens is 3. The molecule has 0 unspecified atom stereocenters. The summed E-state index contributed by atoms with van der Waals surface area (Å²) in [5.41, 5.74) is -0.161. The monoisotopic (exact) mass is 323 g/mol. The Morgan fingerprint density at radius 2 is 2.29 bits per heavy atom. The molecule has 1 aromatic rings. The number of hydrogen-bond donors (Lipinski definition) is 0. The minimum atomic E-state index is -0.693. The first-order valence-electron chi connectivity index (χ1n) is 3.59. The summed E-state index contributed by atoms with van der Waals surface area (Å²) in [4.78, 5) is 11.3. The van der Waals surface area contributed by atoms with Crippen LogP contribution in [0, 0.1) is 20.7 Å². The van der Waals surface area contributed by atoms with Crippen molar-refractivity contribution in [2.24, 2.45) is 0 Å². The van der Waals surface area contributed by atoms with E-state index in [1.807, 2.05) is 22.6 Å². The molecule has 0 fully saturated rings. The number of Topliss-reactive ketones (excluding diaryl/α,β-unsaturated/α-hetero) is 1. The van der Waals surface area contributed by atoms with Crippen LogP contribution in [0.4, 0.5) is 4.39 Å². The van der Waals surface area contributed by atoms with Gasteiger partial charge < -0.3 is 0 Å². The molecule has 1 aromatic carbocycles. The summed E-state index contributed by atoms with van der Waals surface area (Å²) in [6.45, 7) is 0. The second-order valence-electron chi connectivity index (χ2n) is 2.45. The van der Waals surface area contributed by atoms with E-state index >= 15 is 0 Å². The third-order valence-electron chi connectivity index (χ3n) is 1.62. The van der Waals surface area contributed by atoms with Gasteiger partial charge in [0.25, 0.3) is 0 Å². The Labute approximate surface area is 98.8 Å². The van der Waals surface area contributed by atoms with Gasteiger partial charge in [0.1, 0.15) is 11.9 Å². The number of nitrogens with zero attached hydrogens (tertiary/aromatic N) is 1. The Kier molecular flexibility index (Phi) is 3.84. The lowest BCUT2D eigenvalue weighted by Crippen LogP contribution is -2.07. The first-order valence-corrected chi connectivity index (χ1v) is 5.20. The Bertz CT molecular complexity index is 428. The van der Waals surface area contributed by atoms with E-state index in [4.69, 9.17) is 16.9 Å². The average molecular weight is 323 g/mol. The summed E-state index contributed by atoms with van der Waals surface area (Å²) < 4.78 is 13.6. The number of carbonyl (C=O) groups excluding carboxylic acids is 1. The van der Waals surface area contributed by atoms with E-state index in [0.29, 0.717) is 3.57 Å². The molecule has 2 nitrogen and oxygen atoms in total. The van der Waals surface area contributed by atoms with E-state index in [2.05, 4.69) is 0 Å². The normalized spacial score (nSPS) is 9.57. The third kappa shape index (κ3) is 2.04. The summed E-state index contributed by atoms with van der Waals surface area (Å²) in [6, 6.07) is 4.26. The maximum absolute atomic E-state index is 13.1. The molecule has 0 amide bonds. The minimum Gasteiger partial charge on any atom is -0.293 e. The van der Waals surface area contributed by atoms with Crippen LogP contribution in [0.2, 0.25) is 0 Å². The molecule has 0 aliphatic rings. The molecular weight excluding hydrogens is 319 g/mol. The van der Waals surface area contributed by atoms with Gasteiger partial charge in [-0.15, -0.1) is 11.6 Å². The number of carbonyl (C=O) groups is 1. The molecule has 5 heteroatoms. The van der Waals surface area contributed by atoms with Crippen LogP contribution in [-0.2, 0) is 0 Å². The first-order chi connectivity index (χ1) is 6.61. The summed E-state index contributed by atoms with van der Waals surface area (Å²) in [6.07, 6.45) is 0. The van der Waals surface area contributed by atoms with Crippen LogP contribution in [0.3, 0.4) is 0 Å². The van der Waals surface area contributed by atoms with Crippen molar-refractivity contribution >= 4 is 40.0 Å². The predicted molar refractivity (Wildman–Crippen MR) is 58.9 cm³/mol. The van der Waals surface area contributed by atoms with Crippen LogP contribution < -0.4 is 0 Å². The number of hydrogen-bond acceptors (Lipinski definition) is 2. The molecule has 0 spiro atoms. The van der Waals surface area contributed by atoms with Gasteiger partial charge in [-0.05, 0) is 34.7 Å². The SMILES string of the molecule is N#Cc1c(F)ccc(I)c1C(=O)CCl. The highest BCUT2D eigenvalue weighted by Crippen LogP contribution is 2.20. The smallest absolute Gasteiger partial charge is 0.180 e. The molecule has 0 N–H and O–H groups in total. The number of ketones is 1. The van der Waals surface area contributed by atoms with Gasteiger partial charge in [-0.3, -0.25) is 4.79 Å². The van der Waals surface area contributed by atoms with Crippen molar-refractivity contribution in [2.45, 2.75) is 0 Å². The molecule has 1 rings (SSSR count). The van der Waals surface area contributed by atoms with Crippen molar-refractivity contribution in [1.82, 2.24) is 0 Å². The van der Waals surface area contributed by atoms with Crippen LogP contribution in [-0.4, -0.2) is 11.7 Å². The second-order valence-corrected chi connectivity index (χ2v) is 3.88. The lowest BCUT2D eigenvalue weighted by molar-refractivity contribution is 0.101. The molecule has 72 valence electrons. The first kappa shape index (κ1) is 11.4. The van der Waals surface area contributed by atoms with E-state index in [0.717, 1.165) is 6.07 Å². The van der Waals surface area contributed by atoms with Crippen molar-refractivity contribution in [3.05, 3.63) is 32.6 Å². The summed E-state index contributed by atoms with van der Waals surface area (Å²) in [5, 5.41) is 8.68. The van der Waals surface area contributed by atoms with Crippen molar-refractivity contribution in [2.75, 3.05) is 5.88 Å². The molecule has 0 atom stereocenters. The van der Waals surface area contributed by atoms with E-state index in [-0.39, 0.29) is 17.0 Å². The Balaban J connectivity index is 3.47. The van der Waals surface area contributed by atoms with E-state index in [1.54, 1.807) is 6.07 Å². The van der Waals surface area contributed by atoms with Crippen LogP contribution in [0.15, 0.2) is 12.1 Å². The van der Waals surface area contributed by atoms with E-state index < -0.39 is 11.6 Å². The molecule has 0 saturated carbocycles. The minimum absolute atomic E-state index is 0.0723. The fraction of sp³-hybridized carbons (Fsp3) is 0.111. The topological polar surface area (TPSA) is 40.9 Å². The lowest BCUT2D eigenvalue weighted by atomic mass is 10.1. The van der Waals surface area contributed by atoms with Gasteiger partial charge in [0.15, 0.2) is 5.78 Å². The predicted octanol–water partition coefficient (Wildman–Crippen LogP) is 2.72. The van der Waals surface area contributed by atoms with Gasteiger partial charge in [-0.1, -0.05) is 0 Å². The zero-order valence-corrected chi connectivity index (χ0v) is 9.76. The molecule has 0 aromatic heterocycles. The fourth-order valence-electron chi connectivity index (χ4n) is 1.00. The molecule has 0 saturated heterocycles. The van der Waals surface area contributed by atoms with Crippen LogP contribution in [0.5, 0.6) is 0 Å². The molecular formula is C9H4ClFINO. The Morgan fingerprint density at radius 3 is 2.79 bits per heavy atom. The number of alkyl halides is 1. The average Bonchev–Trinajstić information content (AvgIpc) is 2.19. The van der Waals surface area contributed by atoms with Crippen molar-refractivity contribution in [1.29, 1.82) is 5.26 Å². The number of benzene rings is 1. The van der Waals surface area contributed by atoms with Crippen molar-refractivity contribution in [3.63, 3.8) is 0 Å². The van der Waals surface area contributed by atoms with Gasteiger partial charge in [0.2, 0.25) is 0 Å². The highest BCUT2D eigenvalue weighted by molar-refractivity contribution is 14.1. The van der Waals surface area contributed by atoms with Crippen molar-refractivity contribution < 1.29 is 9.18 Å². The maximum atomic E-state index is 13.1. The van der Waals surface area contributed by atoms with Crippen molar-refractivity contribution in [3.8, 4) is 6.07 Å². The highest BCUT2D eigenvalue weighted by atomic mass is 127. The highest BCUT2D eigenvalue weighted by Gasteiger charge is 2.17. The summed E-state index contributed by atoms with van der Waals surface area (Å²) in [7, 11) is 0. The number of rotatable bonds is 2. The molecule has 0 bridgehead atoms. The Morgan fingerprint density at radius 1 is 1.64 bits per heavy atom. The van der Waals surface area contributed by atoms with Gasteiger partial charge in [0, 0.05) is 3.57 Å². The Hall–Kier alpha value is -0.670. The maximum Gasteiger partial charge on any atom is 0.180 e.